The van der Waals surface area contributed by atoms with Gasteiger partial charge in [-0.05, 0) is 30.3 Å². The molecule has 8 heteroatoms. The summed E-state index contributed by atoms with van der Waals surface area (Å²) in [6, 6.07) is 9.79. The van der Waals surface area contributed by atoms with Crippen molar-refractivity contribution in [2.75, 3.05) is 33.4 Å². The van der Waals surface area contributed by atoms with Gasteiger partial charge in [-0.1, -0.05) is 0 Å². The van der Waals surface area contributed by atoms with Gasteiger partial charge in [0.05, 0.1) is 30.5 Å². The predicted octanol–water partition coefficient (Wildman–Crippen LogP) is 3.94. The number of benzene rings is 2. The molecule has 3 aromatic rings. The normalized spacial score (nSPS) is 14.4. The summed E-state index contributed by atoms with van der Waals surface area (Å²) >= 11 is 1.44. The minimum atomic E-state index is -0.444. The summed E-state index contributed by atoms with van der Waals surface area (Å²) in [6.45, 7) is 1.97. The van der Waals surface area contributed by atoms with Crippen LogP contribution in [0.4, 0.5) is 9.18 Å². The zero-order chi connectivity index (χ0) is 18.8. The summed E-state index contributed by atoms with van der Waals surface area (Å²) < 4.78 is 30.4. The topological polar surface area (TPSA) is 60.9 Å². The summed E-state index contributed by atoms with van der Waals surface area (Å²) in [7, 11) is 1.52. The quantitative estimate of drug-likeness (QED) is 0.680. The number of rotatable bonds is 3. The van der Waals surface area contributed by atoms with Gasteiger partial charge < -0.3 is 19.1 Å². The zero-order valence-corrected chi connectivity index (χ0v) is 15.4. The highest BCUT2D eigenvalue weighted by molar-refractivity contribution is 7.21. The van der Waals surface area contributed by atoms with Gasteiger partial charge in [0.25, 0.3) is 0 Å². The minimum absolute atomic E-state index is 0.317. The van der Waals surface area contributed by atoms with Crippen molar-refractivity contribution in [1.29, 1.82) is 0 Å². The summed E-state index contributed by atoms with van der Waals surface area (Å²) in [5.41, 5.74) is 1.36. The molecular formula is C19H17FN2O4S. The second kappa shape index (κ2) is 7.50. The van der Waals surface area contributed by atoms with Crippen LogP contribution in [-0.4, -0.2) is 49.4 Å². The molecule has 0 saturated carbocycles. The molecule has 140 valence electrons. The monoisotopic (exact) mass is 388 g/mol. The Morgan fingerprint density at radius 3 is 2.78 bits per heavy atom. The molecular weight excluding hydrogens is 371 g/mol. The molecule has 4 rings (SSSR count). The molecule has 27 heavy (non-hydrogen) atoms. The minimum Gasteiger partial charge on any atom is -0.493 e. The fourth-order valence-electron chi connectivity index (χ4n) is 2.82. The molecule has 0 radical (unpaired) electrons. The number of nitrogens with zero attached hydrogens (tertiary/aromatic N) is 2. The maximum atomic E-state index is 13.4. The molecule has 0 bridgehead atoms. The summed E-state index contributed by atoms with van der Waals surface area (Å²) in [6.07, 6.45) is -0.444. The Bertz CT molecular complexity index is 985. The van der Waals surface area contributed by atoms with E-state index in [2.05, 4.69) is 4.98 Å². The van der Waals surface area contributed by atoms with Crippen molar-refractivity contribution in [3.8, 4) is 22.1 Å². The summed E-state index contributed by atoms with van der Waals surface area (Å²) in [5, 5.41) is 0.710. The van der Waals surface area contributed by atoms with Crippen LogP contribution in [0.1, 0.15) is 0 Å². The molecule has 0 unspecified atom stereocenters. The largest absolute Gasteiger partial charge is 0.493 e. The third-order valence-electron chi connectivity index (χ3n) is 4.23. The second-order valence-electron chi connectivity index (χ2n) is 5.96. The molecule has 0 aliphatic carbocycles. The molecule has 1 amide bonds. The zero-order valence-electron chi connectivity index (χ0n) is 14.6. The van der Waals surface area contributed by atoms with Gasteiger partial charge in [0, 0.05) is 24.7 Å². The number of morpholine rings is 1. The predicted molar refractivity (Wildman–Crippen MR) is 100.0 cm³/mol. The first kappa shape index (κ1) is 17.7. The number of carbonyl (C=O) groups is 1. The van der Waals surface area contributed by atoms with Gasteiger partial charge in [-0.25, -0.2) is 14.2 Å². The van der Waals surface area contributed by atoms with Crippen molar-refractivity contribution in [2.45, 2.75) is 0 Å². The highest BCUT2D eigenvalue weighted by atomic mass is 32.1. The number of halogens is 1. The van der Waals surface area contributed by atoms with Gasteiger partial charge in [-0.15, -0.1) is 11.3 Å². The van der Waals surface area contributed by atoms with Crippen molar-refractivity contribution in [1.82, 2.24) is 9.88 Å². The summed E-state index contributed by atoms with van der Waals surface area (Å²) in [5.74, 6) is 0.443. The van der Waals surface area contributed by atoms with E-state index in [1.165, 1.54) is 30.6 Å². The van der Waals surface area contributed by atoms with Gasteiger partial charge in [0.15, 0.2) is 11.5 Å². The van der Waals surface area contributed by atoms with Crippen LogP contribution in [0.5, 0.6) is 11.5 Å². The van der Waals surface area contributed by atoms with Crippen LogP contribution in [0, 0.1) is 5.82 Å². The van der Waals surface area contributed by atoms with Gasteiger partial charge in [0.1, 0.15) is 10.8 Å². The smallest absolute Gasteiger partial charge is 0.415 e. The molecule has 2 heterocycles. The van der Waals surface area contributed by atoms with Crippen LogP contribution >= 0.6 is 11.3 Å². The van der Waals surface area contributed by atoms with Crippen molar-refractivity contribution in [2.24, 2.45) is 0 Å². The molecule has 0 N–H and O–H groups in total. The molecule has 6 nitrogen and oxygen atoms in total. The van der Waals surface area contributed by atoms with E-state index < -0.39 is 6.09 Å². The highest BCUT2D eigenvalue weighted by Gasteiger charge is 2.21. The maximum Gasteiger partial charge on any atom is 0.415 e. The lowest BCUT2D eigenvalue weighted by atomic mass is 10.2. The van der Waals surface area contributed by atoms with E-state index in [1.807, 2.05) is 6.07 Å². The molecule has 2 aromatic carbocycles. The van der Waals surface area contributed by atoms with Crippen LogP contribution in [0.15, 0.2) is 36.4 Å². The van der Waals surface area contributed by atoms with Crippen molar-refractivity contribution >= 4 is 27.6 Å². The molecule has 1 aliphatic heterocycles. The van der Waals surface area contributed by atoms with Gasteiger partial charge in [-0.3, -0.25) is 0 Å². The second-order valence-corrected chi connectivity index (χ2v) is 6.99. The Morgan fingerprint density at radius 1 is 1.19 bits per heavy atom. The van der Waals surface area contributed by atoms with Crippen molar-refractivity contribution in [3.05, 3.63) is 42.2 Å². The fraction of sp³-hybridized carbons (Fsp3) is 0.263. The lowest BCUT2D eigenvalue weighted by molar-refractivity contribution is 0.0413. The number of thiazole rings is 1. The van der Waals surface area contributed by atoms with E-state index in [0.29, 0.717) is 48.3 Å². The Morgan fingerprint density at radius 2 is 2.00 bits per heavy atom. The molecule has 0 spiro atoms. The van der Waals surface area contributed by atoms with E-state index in [4.69, 9.17) is 14.2 Å². The number of hydrogen-bond donors (Lipinski definition) is 0. The number of ether oxygens (including phenoxy) is 3. The molecule has 1 aliphatic rings. The maximum absolute atomic E-state index is 13.4. The van der Waals surface area contributed by atoms with Crippen LogP contribution in [0.25, 0.3) is 20.8 Å². The molecule has 0 atom stereocenters. The number of hydrogen-bond acceptors (Lipinski definition) is 6. The lowest BCUT2D eigenvalue weighted by Gasteiger charge is -2.26. The first-order valence-electron chi connectivity index (χ1n) is 8.43. The van der Waals surface area contributed by atoms with Crippen LogP contribution in [-0.2, 0) is 4.74 Å². The molecule has 1 fully saturated rings. The Balaban J connectivity index is 1.64. The van der Waals surface area contributed by atoms with Gasteiger partial charge in [0.2, 0.25) is 0 Å². The number of aromatic nitrogens is 1. The highest BCUT2D eigenvalue weighted by Crippen LogP contribution is 2.36. The SMILES string of the molecule is COc1ccc(-c2nc3cc(F)ccc3s2)cc1OC(=O)N1CCOCC1. The van der Waals surface area contributed by atoms with Gasteiger partial charge >= 0.3 is 6.09 Å². The first-order valence-corrected chi connectivity index (χ1v) is 9.25. The average molecular weight is 388 g/mol. The third-order valence-corrected chi connectivity index (χ3v) is 5.31. The van der Waals surface area contributed by atoms with E-state index in [9.17, 15) is 9.18 Å². The Labute approximate surface area is 159 Å². The van der Waals surface area contributed by atoms with Crippen LogP contribution < -0.4 is 9.47 Å². The van der Waals surface area contributed by atoms with E-state index >= 15 is 0 Å². The van der Waals surface area contributed by atoms with Crippen molar-refractivity contribution < 1.29 is 23.4 Å². The van der Waals surface area contributed by atoms with Crippen molar-refractivity contribution in [3.63, 3.8) is 0 Å². The number of methoxy groups -OCH3 is 1. The van der Waals surface area contributed by atoms with Crippen LogP contribution in [0.3, 0.4) is 0 Å². The Kier molecular flexibility index (Phi) is 4.91. The molecule has 1 aromatic heterocycles. The molecule has 1 saturated heterocycles. The summed E-state index contributed by atoms with van der Waals surface area (Å²) in [4.78, 5) is 18.5. The average Bonchev–Trinajstić information content (AvgIpc) is 3.11. The first-order chi connectivity index (χ1) is 13.1. The number of amides is 1. The van der Waals surface area contributed by atoms with Gasteiger partial charge in [-0.2, -0.15) is 0 Å². The standard InChI is InChI=1S/C19H17FN2O4S/c1-24-15-4-2-12(18-21-14-11-13(20)3-5-17(14)27-18)10-16(15)26-19(23)22-6-8-25-9-7-22/h2-5,10-11H,6-9H2,1H3. The lowest BCUT2D eigenvalue weighted by Crippen LogP contribution is -2.42. The van der Waals surface area contributed by atoms with Crippen LogP contribution in [0.2, 0.25) is 0 Å². The fourth-order valence-corrected chi connectivity index (χ4v) is 3.76. The van der Waals surface area contributed by atoms with E-state index in [0.717, 1.165) is 10.3 Å². The Hall–Kier alpha value is -2.71. The number of carbonyl (C=O) groups excluding carboxylic acids is 1. The van der Waals surface area contributed by atoms with E-state index in [-0.39, 0.29) is 5.82 Å². The third kappa shape index (κ3) is 3.72. The van der Waals surface area contributed by atoms with E-state index in [1.54, 1.807) is 23.1 Å². The number of fused-ring (bicyclic) bond motifs is 1.